The van der Waals surface area contributed by atoms with E-state index in [1.807, 2.05) is 13.8 Å². The average Bonchev–Trinajstić information content (AvgIpc) is 3.20. The predicted molar refractivity (Wildman–Crippen MR) is 108 cm³/mol. The van der Waals surface area contributed by atoms with E-state index < -0.39 is 12.5 Å². The van der Waals surface area contributed by atoms with Crippen molar-refractivity contribution in [1.29, 1.82) is 0 Å². The first-order chi connectivity index (χ1) is 14.9. The number of carbonyl (C=O) groups excluding carboxylic acids is 1. The number of halogens is 2. The Morgan fingerprint density at radius 3 is 2.58 bits per heavy atom. The zero-order valence-electron chi connectivity index (χ0n) is 17.2. The summed E-state index contributed by atoms with van der Waals surface area (Å²) in [4.78, 5) is 16.8. The summed E-state index contributed by atoms with van der Waals surface area (Å²) >= 11 is 0. The number of benzene rings is 2. The molecule has 0 aliphatic carbocycles. The van der Waals surface area contributed by atoms with Crippen LogP contribution in [0.3, 0.4) is 0 Å². The highest BCUT2D eigenvalue weighted by Gasteiger charge is 2.16. The topological polar surface area (TPSA) is 82.8 Å². The molecule has 0 radical (unpaired) electrons. The van der Waals surface area contributed by atoms with Crippen LogP contribution in [0.25, 0.3) is 11.5 Å². The van der Waals surface area contributed by atoms with Crippen LogP contribution in [0.4, 0.5) is 8.78 Å². The number of carbonyl (C=O) groups is 1. The van der Waals surface area contributed by atoms with E-state index in [1.54, 1.807) is 31.4 Å². The van der Waals surface area contributed by atoms with Gasteiger partial charge in [0, 0.05) is 5.56 Å². The summed E-state index contributed by atoms with van der Waals surface area (Å²) in [6, 6.07) is 11.0. The number of para-hydroxylation sites is 1. The number of nitrogens with one attached hydrogen (secondary N) is 1. The van der Waals surface area contributed by atoms with Crippen molar-refractivity contribution in [3.05, 3.63) is 60.0 Å². The van der Waals surface area contributed by atoms with E-state index in [0.717, 1.165) is 0 Å². The molecule has 1 amide bonds. The van der Waals surface area contributed by atoms with Gasteiger partial charge in [0.05, 0.1) is 31.0 Å². The maximum absolute atomic E-state index is 12.5. The van der Waals surface area contributed by atoms with Gasteiger partial charge in [-0.3, -0.25) is 4.79 Å². The Morgan fingerprint density at radius 1 is 1.10 bits per heavy atom. The zero-order valence-corrected chi connectivity index (χ0v) is 17.2. The van der Waals surface area contributed by atoms with E-state index >= 15 is 0 Å². The third-order valence-corrected chi connectivity index (χ3v) is 4.10. The minimum absolute atomic E-state index is 0.00264. The number of rotatable bonds is 9. The quantitative estimate of drug-likeness (QED) is 0.529. The fourth-order valence-corrected chi connectivity index (χ4v) is 2.80. The minimum Gasteiger partial charge on any atom is -0.493 e. The maximum Gasteiger partial charge on any atom is 0.387 e. The summed E-state index contributed by atoms with van der Waals surface area (Å²) in [6.45, 7) is 0.822. The number of hydrogen-bond donors (Lipinski definition) is 1. The second kappa shape index (κ2) is 9.92. The fourth-order valence-electron chi connectivity index (χ4n) is 2.80. The number of ether oxygens (including phenoxy) is 3. The van der Waals surface area contributed by atoms with Gasteiger partial charge in [0.25, 0.3) is 5.91 Å². The van der Waals surface area contributed by atoms with E-state index in [4.69, 9.17) is 13.9 Å². The normalized spacial score (nSPS) is 10.9. The molecule has 0 saturated heterocycles. The molecule has 0 unspecified atom stereocenters. The van der Waals surface area contributed by atoms with Crippen molar-refractivity contribution >= 4 is 5.91 Å². The lowest BCUT2D eigenvalue weighted by molar-refractivity contribution is -0.0501. The Hall–Kier alpha value is -3.62. The molecule has 9 heteroatoms. The summed E-state index contributed by atoms with van der Waals surface area (Å²) in [5.41, 5.74) is 1.12. The Bertz CT molecular complexity index is 1040. The lowest BCUT2D eigenvalue weighted by Crippen LogP contribution is -2.24. The molecule has 2 aromatic carbocycles. The van der Waals surface area contributed by atoms with Crippen molar-refractivity contribution in [2.45, 2.75) is 33.1 Å². The van der Waals surface area contributed by atoms with Gasteiger partial charge in [-0.05, 0) is 44.2 Å². The first kappa shape index (κ1) is 22.1. The van der Waals surface area contributed by atoms with E-state index in [2.05, 4.69) is 15.0 Å². The van der Waals surface area contributed by atoms with Crippen molar-refractivity contribution in [2.75, 3.05) is 7.11 Å². The van der Waals surface area contributed by atoms with Crippen molar-refractivity contribution in [3.63, 3.8) is 0 Å². The Kier molecular flexibility index (Phi) is 7.07. The van der Waals surface area contributed by atoms with Gasteiger partial charge in [0.1, 0.15) is 12.0 Å². The van der Waals surface area contributed by atoms with E-state index in [0.29, 0.717) is 28.6 Å². The minimum atomic E-state index is -3.03. The van der Waals surface area contributed by atoms with E-state index in [9.17, 15) is 13.6 Å². The van der Waals surface area contributed by atoms with Crippen molar-refractivity contribution in [3.8, 4) is 28.7 Å². The van der Waals surface area contributed by atoms with Crippen LogP contribution in [0.2, 0.25) is 0 Å². The third-order valence-electron chi connectivity index (χ3n) is 4.10. The highest BCUT2D eigenvalue weighted by Crippen LogP contribution is 2.33. The van der Waals surface area contributed by atoms with Gasteiger partial charge in [0.15, 0.2) is 11.5 Å². The highest BCUT2D eigenvalue weighted by atomic mass is 19.3. The fraction of sp³-hybridized carbons (Fsp3) is 0.273. The molecule has 1 aromatic heterocycles. The van der Waals surface area contributed by atoms with Crippen LogP contribution in [0, 0.1) is 0 Å². The summed E-state index contributed by atoms with van der Waals surface area (Å²) in [5, 5.41) is 2.62. The van der Waals surface area contributed by atoms with Crippen molar-refractivity contribution in [1.82, 2.24) is 10.3 Å². The third kappa shape index (κ3) is 5.71. The Labute approximate surface area is 177 Å². The van der Waals surface area contributed by atoms with Crippen molar-refractivity contribution in [2.24, 2.45) is 0 Å². The first-order valence-corrected chi connectivity index (χ1v) is 9.49. The number of methoxy groups -OCH3 is 1. The molecule has 164 valence electrons. The number of aromatic nitrogens is 1. The smallest absolute Gasteiger partial charge is 0.387 e. The van der Waals surface area contributed by atoms with Crippen LogP contribution >= 0.6 is 0 Å². The van der Waals surface area contributed by atoms with Crippen LogP contribution in [-0.2, 0) is 6.54 Å². The monoisotopic (exact) mass is 432 g/mol. The first-order valence-electron chi connectivity index (χ1n) is 9.49. The van der Waals surface area contributed by atoms with Gasteiger partial charge >= 0.3 is 6.61 Å². The molecule has 0 aliphatic heterocycles. The molecule has 0 saturated carbocycles. The van der Waals surface area contributed by atoms with Crippen LogP contribution in [0.1, 0.15) is 29.9 Å². The van der Waals surface area contributed by atoms with Crippen molar-refractivity contribution < 1.29 is 32.2 Å². The van der Waals surface area contributed by atoms with Crippen LogP contribution in [-0.4, -0.2) is 30.7 Å². The average molecular weight is 432 g/mol. The molecule has 31 heavy (non-hydrogen) atoms. The molecule has 0 aliphatic rings. The molecule has 0 bridgehead atoms. The van der Waals surface area contributed by atoms with Crippen LogP contribution in [0.5, 0.6) is 17.2 Å². The van der Waals surface area contributed by atoms with Crippen LogP contribution in [0.15, 0.2) is 53.1 Å². The second-order valence-electron chi connectivity index (χ2n) is 6.73. The molecule has 1 heterocycles. The summed E-state index contributed by atoms with van der Waals surface area (Å²) < 4.78 is 46.0. The molecule has 3 aromatic rings. The molecule has 3 rings (SSSR count). The molecule has 0 fully saturated rings. The zero-order chi connectivity index (χ0) is 22.4. The van der Waals surface area contributed by atoms with Gasteiger partial charge < -0.3 is 23.9 Å². The molecule has 0 atom stereocenters. The summed E-state index contributed by atoms with van der Waals surface area (Å²) in [5.74, 6) is 0.700. The lowest BCUT2D eigenvalue weighted by atomic mass is 10.2. The Balaban J connectivity index is 1.70. The SMILES string of the molecule is COc1ccc(-c2nc(CNC(=O)c3ccccc3OC(F)F)co2)cc1OC(C)C. The number of oxazole rings is 1. The predicted octanol–water partition coefficient (Wildman–Crippen LogP) is 4.67. The largest absolute Gasteiger partial charge is 0.493 e. The van der Waals surface area contributed by atoms with E-state index in [1.165, 1.54) is 24.5 Å². The summed E-state index contributed by atoms with van der Waals surface area (Å²) in [7, 11) is 1.55. The number of amides is 1. The standard InChI is InChI=1S/C22H22F2N2O5/c1-13(2)30-19-10-14(8-9-18(19)28-3)21-26-15(12-29-21)11-25-20(27)16-6-4-5-7-17(16)31-22(23)24/h4-10,12-13,22H,11H2,1-3H3,(H,25,27). The van der Waals surface area contributed by atoms with Gasteiger partial charge in [-0.25, -0.2) is 4.98 Å². The number of nitrogens with zero attached hydrogens (tertiary/aromatic N) is 1. The summed E-state index contributed by atoms with van der Waals surface area (Å²) in [6.07, 6.45) is 1.36. The number of hydrogen-bond acceptors (Lipinski definition) is 6. The molecule has 1 N–H and O–H groups in total. The van der Waals surface area contributed by atoms with Gasteiger partial charge in [-0.2, -0.15) is 8.78 Å². The van der Waals surface area contributed by atoms with E-state index in [-0.39, 0.29) is 24.0 Å². The van der Waals surface area contributed by atoms with Gasteiger partial charge in [-0.15, -0.1) is 0 Å². The second-order valence-corrected chi connectivity index (χ2v) is 6.73. The lowest BCUT2D eigenvalue weighted by Gasteiger charge is -2.14. The van der Waals surface area contributed by atoms with Gasteiger partial charge in [-0.1, -0.05) is 12.1 Å². The molecule has 7 nitrogen and oxygen atoms in total. The molecule has 0 spiro atoms. The molecular weight excluding hydrogens is 410 g/mol. The highest BCUT2D eigenvalue weighted by molar-refractivity contribution is 5.96. The maximum atomic E-state index is 12.5. The number of alkyl halides is 2. The van der Waals surface area contributed by atoms with Gasteiger partial charge in [0.2, 0.25) is 5.89 Å². The molecular formula is C22H22F2N2O5. The Morgan fingerprint density at radius 2 is 1.87 bits per heavy atom. The van der Waals surface area contributed by atoms with Crippen LogP contribution < -0.4 is 19.5 Å².